The van der Waals surface area contributed by atoms with Crippen molar-refractivity contribution in [3.8, 4) is 0 Å². The standard InChI is InChI=1S/C13H20N4O2/c1-13(2,3)17-6-4-16(5-7-17)12-14-8-10(9-15-12)11(18)19/h8-9H,4-7H2,1-3H3,(H,18,19). The lowest BCUT2D eigenvalue weighted by molar-refractivity contribution is 0.0696. The van der Waals surface area contributed by atoms with E-state index >= 15 is 0 Å². The fourth-order valence-electron chi connectivity index (χ4n) is 2.17. The molecule has 0 radical (unpaired) electrons. The van der Waals surface area contributed by atoms with Gasteiger partial charge in [-0.25, -0.2) is 14.8 Å². The molecule has 19 heavy (non-hydrogen) atoms. The Kier molecular flexibility index (Phi) is 3.71. The lowest BCUT2D eigenvalue weighted by Gasteiger charge is -2.42. The fraction of sp³-hybridized carbons (Fsp3) is 0.615. The zero-order valence-electron chi connectivity index (χ0n) is 11.6. The minimum atomic E-state index is -0.996. The van der Waals surface area contributed by atoms with Crippen LogP contribution in [0.2, 0.25) is 0 Å². The van der Waals surface area contributed by atoms with Crippen molar-refractivity contribution in [3.63, 3.8) is 0 Å². The lowest BCUT2D eigenvalue weighted by atomic mass is 10.1. The van der Waals surface area contributed by atoms with Gasteiger partial charge in [-0.3, -0.25) is 4.90 Å². The first-order chi connectivity index (χ1) is 8.88. The SMILES string of the molecule is CC(C)(C)N1CCN(c2ncc(C(=O)O)cn2)CC1. The molecule has 0 aromatic carbocycles. The monoisotopic (exact) mass is 264 g/mol. The number of rotatable bonds is 2. The number of aromatic nitrogens is 2. The predicted molar refractivity (Wildman–Crippen MR) is 72.5 cm³/mol. The van der Waals surface area contributed by atoms with Gasteiger partial charge in [0.15, 0.2) is 0 Å². The van der Waals surface area contributed by atoms with E-state index in [9.17, 15) is 4.79 Å². The van der Waals surface area contributed by atoms with Crippen molar-refractivity contribution in [3.05, 3.63) is 18.0 Å². The van der Waals surface area contributed by atoms with E-state index in [-0.39, 0.29) is 11.1 Å². The molecule has 1 saturated heterocycles. The number of anilines is 1. The molecule has 0 bridgehead atoms. The van der Waals surface area contributed by atoms with Crippen LogP contribution in [0, 0.1) is 0 Å². The van der Waals surface area contributed by atoms with E-state index in [0.29, 0.717) is 5.95 Å². The molecule has 2 heterocycles. The maximum Gasteiger partial charge on any atom is 0.338 e. The third-order valence-corrected chi connectivity index (χ3v) is 3.40. The zero-order valence-corrected chi connectivity index (χ0v) is 11.6. The first-order valence-electron chi connectivity index (χ1n) is 6.43. The third kappa shape index (κ3) is 3.20. The van der Waals surface area contributed by atoms with Gasteiger partial charge in [-0.2, -0.15) is 0 Å². The molecule has 0 unspecified atom stereocenters. The summed E-state index contributed by atoms with van der Waals surface area (Å²) in [5.74, 6) is -0.386. The van der Waals surface area contributed by atoms with E-state index < -0.39 is 5.97 Å². The van der Waals surface area contributed by atoms with Gasteiger partial charge in [-0.05, 0) is 20.8 Å². The summed E-state index contributed by atoms with van der Waals surface area (Å²) in [5.41, 5.74) is 0.303. The van der Waals surface area contributed by atoms with Crippen molar-refractivity contribution in [1.29, 1.82) is 0 Å². The van der Waals surface area contributed by atoms with E-state index in [4.69, 9.17) is 5.11 Å². The van der Waals surface area contributed by atoms with Gasteiger partial charge in [0.1, 0.15) is 0 Å². The summed E-state index contributed by atoms with van der Waals surface area (Å²) in [4.78, 5) is 23.5. The van der Waals surface area contributed by atoms with Crippen LogP contribution < -0.4 is 4.90 Å². The minimum absolute atomic E-state index is 0.122. The van der Waals surface area contributed by atoms with Gasteiger partial charge < -0.3 is 10.0 Å². The minimum Gasteiger partial charge on any atom is -0.478 e. The molecule has 2 rings (SSSR count). The van der Waals surface area contributed by atoms with Gasteiger partial charge in [-0.15, -0.1) is 0 Å². The second-order valence-corrected chi connectivity index (χ2v) is 5.72. The number of carbonyl (C=O) groups is 1. The van der Waals surface area contributed by atoms with Crippen LogP contribution in [0.4, 0.5) is 5.95 Å². The Labute approximate surface area is 113 Å². The molecule has 0 amide bonds. The molecule has 1 aromatic rings. The molecule has 1 aliphatic heterocycles. The Morgan fingerprint density at radius 2 is 1.68 bits per heavy atom. The molecule has 1 N–H and O–H groups in total. The van der Waals surface area contributed by atoms with Gasteiger partial charge in [-0.1, -0.05) is 0 Å². The van der Waals surface area contributed by atoms with Gasteiger partial charge in [0.2, 0.25) is 5.95 Å². The maximum atomic E-state index is 10.7. The highest BCUT2D eigenvalue weighted by molar-refractivity contribution is 5.86. The average molecular weight is 264 g/mol. The topological polar surface area (TPSA) is 69.6 Å². The Hall–Kier alpha value is -1.69. The van der Waals surface area contributed by atoms with Crippen molar-refractivity contribution in [2.75, 3.05) is 31.1 Å². The van der Waals surface area contributed by atoms with Gasteiger partial charge in [0.25, 0.3) is 0 Å². The smallest absolute Gasteiger partial charge is 0.338 e. The van der Waals surface area contributed by atoms with E-state index in [1.54, 1.807) is 0 Å². The summed E-state index contributed by atoms with van der Waals surface area (Å²) in [6.45, 7) is 10.3. The largest absolute Gasteiger partial charge is 0.478 e. The Morgan fingerprint density at radius 3 is 2.11 bits per heavy atom. The van der Waals surface area contributed by atoms with Crippen LogP contribution in [0.1, 0.15) is 31.1 Å². The zero-order chi connectivity index (χ0) is 14.0. The first kappa shape index (κ1) is 13.7. The maximum absolute atomic E-state index is 10.7. The van der Waals surface area contributed by atoms with E-state index in [2.05, 4.69) is 40.5 Å². The lowest BCUT2D eigenvalue weighted by Crippen LogP contribution is -2.53. The van der Waals surface area contributed by atoms with Crippen molar-refractivity contribution in [2.45, 2.75) is 26.3 Å². The second kappa shape index (κ2) is 5.13. The van der Waals surface area contributed by atoms with Crippen LogP contribution in [0.3, 0.4) is 0 Å². The van der Waals surface area contributed by atoms with Gasteiger partial charge in [0.05, 0.1) is 5.56 Å². The van der Waals surface area contributed by atoms with Crippen LogP contribution in [0.25, 0.3) is 0 Å². The molecule has 1 aliphatic rings. The molecule has 0 atom stereocenters. The predicted octanol–water partition coefficient (Wildman–Crippen LogP) is 1.10. The fourth-order valence-corrected chi connectivity index (χ4v) is 2.17. The molecular formula is C13H20N4O2. The van der Waals surface area contributed by atoms with Crippen molar-refractivity contribution >= 4 is 11.9 Å². The quantitative estimate of drug-likeness (QED) is 0.862. The summed E-state index contributed by atoms with van der Waals surface area (Å²) < 4.78 is 0. The van der Waals surface area contributed by atoms with Crippen molar-refractivity contribution < 1.29 is 9.90 Å². The Balaban J connectivity index is 2.00. The number of nitrogens with zero attached hydrogens (tertiary/aromatic N) is 4. The first-order valence-corrected chi connectivity index (χ1v) is 6.43. The Morgan fingerprint density at radius 1 is 1.16 bits per heavy atom. The molecule has 104 valence electrons. The van der Waals surface area contributed by atoms with Crippen LogP contribution in [-0.4, -0.2) is 57.7 Å². The number of hydrogen-bond acceptors (Lipinski definition) is 5. The summed E-state index contributed by atoms with van der Waals surface area (Å²) in [6, 6.07) is 0. The molecular weight excluding hydrogens is 244 g/mol. The summed E-state index contributed by atoms with van der Waals surface area (Å²) in [5, 5.41) is 8.81. The molecule has 1 fully saturated rings. The van der Waals surface area contributed by atoms with E-state index in [1.165, 1.54) is 12.4 Å². The number of piperazine rings is 1. The summed E-state index contributed by atoms with van der Waals surface area (Å²) in [7, 11) is 0. The van der Waals surface area contributed by atoms with Gasteiger partial charge >= 0.3 is 5.97 Å². The van der Waals surface area contributed by atoms with Crippen LogP contribution in [0.15, 0.2) is 12.4 Å². The second-order valence-electron chi connectivity index (χ2n) is 5.72. The van der Waals surface area contributed by atoms with E-state index in [0.717, 1.165) is 26.2 Å². The number of hydrogen-bond donors (Lipinski definition) is 1. The highest BCUT2D eigenvalue weighted by Crippen LogP contribution is 2.18. The highest BCUT2D eigenvalue weighted by Gasteiger charge is 2.26. The normalized spacial score (nSPS) is 17.5. The van der Waals surface area contributed by atoms with Gasteiger partial charge in [0, 0.05) is 44.1 Å². The number of aromatic carboxylic acids is 1. The molecule has 6 heteroatoms. The van der Waals surface area contributed by atoms with Crippen LogP contribution >= 0.6 is 0 Å². The van der Waals surface area contributed by atoms with Crippen LogP contribution in [-0.2, 0) is 0 Å². The summed E-state index contributed by atoms with van der Waals surface area (Å²) >= 11 is 0. The summed E-state index contributed by atoms with van der Waals surface area (Å²) in [6.07, 6.45) is 2.72. The van der Waals surface area contributed by atoms with Crippen molar-refractivity contribution in [1.82, 2.24) is 14.9 Å². The molecule has 0 spiro atoms. The van der Waals surface area contributed by atoms with E-state index in [1.807, 2.05) is 0 Å². The third-order valence-electron chi connectivity index (χ3n) is 3.40. The molecule has 0 saturated carbocycles. The average Bonchev–Trinajstić information content (AvgIpc) is 2.38. The highest BCUT2D eigenvalue weighted by atomic mass is 16.4. The van der Waals surface area contributed by atoms with Crippen molar-refractivity contribution in [2.24, 2.45) is 0 Å². The molecule has 6 nitrogen and oxygen atoms in total. The molecule has 1 aromatic heterocycles. The molecule has 0 aliphatic carbocycles. The number of carboxylic acid groups (broad SMARTS) is 1. The van der Waals surface area contributed by atoms with Crippen LogP contribution in [0.5, 0.6) is 0 Å². The number of carboxylic acids is 1. The Bertz CT molecular complexity index is 445.